The molecule has 49 valence electrons. The number of rotatable bonds is 1. The van der Waals surface area contributed by atoms with Crippen molar-refractivity contribution in [1.29, 1.82) is 0 Å². The molecule has 1 heterocycles. The Hall–Kier alpha value is -1.26. The molecule has 0 bridgehead atoms. The lowest BCUT2D eigenvalue weighted by molar-refractivity contribution is 0.282. The van der Waals surface area contributed by atoms with Gasteiger partial charge in [-0.1, -0.05) is 5.10 Å². The Morgan fingerprint density at radius 3 is 2.78 bits per heavy atom. The van der Waals surface area contributed by atoms with Crippen molar-refractivity contribution in [1.82, 2.24) is 9.78 Å². The van der Waals surface area contributed by atoms with E-state index in [1.165, 1.54) is 7.11 Å². The van der Waals surface area contributed by atoms with E-state index in [1.807, 2.05) is 0 Å². The first-order valence-corrected chi connectivity index (χ1v) is 2.19. The monoisotopic (exact) mass is 129 g/mol. The highest BCUT2D eigenvalue weighted by Crippen LogP contribution is 1.96. The SMILES string of the molecule is [CH2]n1nc(OC)oc1=O. The van der Waals surface area contributed by atoms with E-state index < -0.39 is 5.76 Å². The van der Waals surface area contributed by atoms with Gasteiger partial charge in [-0.15, -0.1) is 0 Å². The van der Waals surface area contributed by atoms with Crippen molar-refractivity contribution in [3.63, 3.8) is 0 Å². The molecule has 9 heavy (non-hydrogen) atoms. The first kappa shape index (κ1) is 5.87. The van der Waals surface area contributed by atoms with E-state index in [0.29, 0.717) is 0 Å². The highest BCUT2D eigenvalue weighted by Gasteiger charge is 2.01. The molecule has 1 aromatic rings. The summed E-state index contributed by atoms with van der Waals surface area (Å²) < 4.78 is 9.66. The topological polar surface area (TPSA) is 57.3 Å². The Labute approximate surface area is 50.8 Å². The van der Waals surface area contributed by atoms with Crippen LogP contribution in [0.25, 0.3) is 0 Å². The van der Waals surface area contributed by atoms with E-state index in [1.54, 1.807) is 0 Å². The molecule has 1 aromatic heterocycles. The standard InChI is InChI=1S/C4H5N2O3/c1-6-4(7)9-3(5-6)8-2/h1H2,2H3. The second kappa shape index (κ2) is 1.93. The van der Waals surface area contributed by atoms with Gasteiger partial charge in [0.1, 0.15) is 0 Å². The molecule has 0 saturated carbocycles. The molecule has 0 aliphatic rings. The maximum absolute atomic E-state index is 10.4. The van der Waals surface area contributed by atoms with E-state index in [2.05, 4.69) is 21.3 Å². The van der Waals surface area contributed by atoms with Crippen molar-refractivity contribution in [3.8, 4) is 6.08 Å². The summed E-state index contributed by atoms with van der Waals surface area (Å²) in [7, 11) is 4.56. The average molecular weight is 129 g/mol. The van der Waals surface area contributed by atoms with Gasteiger partial charge in [0.25, 0.3) is 0 Å². The normalized spacial score (nSPS) is 9.56. The summed E-state index contributed by atoms with van der Waals surface area (Å²) in [6, 6.07) is 0. The third-order valence-electron chi connectivity index (χ3n) is 0.762. The molecular weight excluding hydrogens is 124 g/mol. The van der Waals surface area contributed by atoms with Gasteiger partial charge < -0.3 is 9.15 Å². The van der Waals surface area contributed by atoms with Crippen LogP contribution in [0.5, 0.6) is 6.08 Å². The summed E-state index contributed by atoms with van der Waals surface area (Å²) in [6.07, 6.45) is -0.0741. The van der Waals surface area contributed by atoms with E-state index in [0.717, 1.165) is 4.68 Å². The molecule has 0 saturated heterocycles. The average Bonchev–Trinajstić information content (AvgIpc) is 2.13. The maximum Gasteiger partial charge on any atom is 0.439 e. The number of methoxy groups -OCH3 is 1. The van der Waals surface area contributed by atoms with Crippen LogP contribution in [0.3, 0.4) is 0 Å². The number of ether oxygens (including phenoxy) is 1. The number of aromatic nitrogens is 2. The predicted molar refractivity (Wildman–Crippen MR) is 28.1 cm³/mol. The summed E-state index contributed by atoms with van der Waals surface area (Å²) in [5, 5.41) is 3.43. The summed E-state index contributed by atoms with van der Waals surface area (Å²) in [5.74, 6) is -0.633. The third kappa shape index (κ3) is 0.933. The van der Waals surface area contributed by atoms with Gasteiger partial charge in [0, 0.05) is 0 Å². The summed E-state index contributed by atoms with van der Waals surface area (Å²) in [4.78, 5) is 10.4. The Bertz CT molecular complexity index is 249. The van der Waals surface area contributed by atoms with Crippen LogP contribution < -0.4 is 10.5 Å². The number of hydrogen-bond donors (Lipinski definition) is 0. The molecule has 0 aliphatic heterocycles. The molecule has 5 nitrogen and oxygen atoms in total. The second-order valence-corrected chi connectivity index (χ2v) is 1.34. The highest BCUT2D eigenvalue weighted by molar-refractivity contribution is 4.78. The Balaban J connectivity index is 3.13. The van der Waals surface area contributed by atoms with E-state index >= 15 is 0 Å². The van der Waals surface area contributed by atoms with E-state index in [-0.39, 0.29) is 6.08 Å². The van der Waals surface area contributed by atoms with E-state index in [9.17, 15) is 4.79 Å². The first-order chi connectivity index (χ1) is 4.24. The van der Waals surface area contributed by atoms with Crippen LogP contribution in [0.4, 0.5) is 0 Å². The molecule has 1 radical (unpaired) electrons. The van der Waals surface area contributed by atoms with Crippen molar-refractivity contribution in [2.45, 2.75) is 0 Å². The molecule has 5 heteroatoms. The molecule has 0 spiro atoms. The van der Waals surface area contributed by atoms with Crippen LogP contribution in [0.1, 0.15) is 0 Å². The molecular formula is C4H5N2O3. The van der Waals surface area contributed by atoms with Crippen molar-refractivity contribution >= 4 is 0 Å². The van der Waals surface area contributed by atoms with Gasteiger partial charge in [0.15, 0.2) is 0 Å². The molecule has 0 aromatic carbocycles. The van der Waals surface area contributed by atoms with Gasteiger partial charge in [-0.2, -0.15) is 4.68 Å². The third-order valence-corrected chi connectivity index (χ3v) is 0.762. The lowest BCUT2D eigenvalue weighted by atomic mass is 11.2. The van der Waals surface area contributed by atoms with Crippen molar-refractivity contribution in [2.24, 2.45) is 0 Å². The molecule has 0 N–H and O–H groups in total. The summed E-state index contributed by atoms with van der Waals surface area (Å²) in [5.41, 5.74) is 0. The quantitative estimate of drug-likeness (QED) is 0.512. The Morgan fingerprint density at radius 2 is 2.56 bits per heavy atom. The number of hydrogen-bond acceptors (Lipinski definition) is 4. The molecule has 0 fully saturated rings. The predicted octanol–water partition coefficient (Wildman–Crippen LogP) is -0.515. The Morgan fingerprint density at radius 1 is 1.89 bits per heavy atom. The zero-order valence-corrected chi connectivity index (χ0v) is 4.83. The van der Waals surface area contributed by atoms with Gasteiger partial charge in [0.05, 0.1) is 14.2 Å². The number of nitrogens with zero attached hydrogens (tertiary/aromatic N) is 2. The van der Waals surface area contributed by atoms with Crippen molar-refractivity contribution in [2.75, 3.05) is 7.11 Å². The fourth-order valence-corrected chi connectivity index (χ4v) is 0.370. The lowest BCUT2D eigenvalue weighted by Crippen LogP contribution is -2.07. The lowest BCUT2D eigenvalue weighted by Gasteiger charge is -1.82. The van der Waals surface area contributed by atoms with Gasteiger partial charge >= 0.3 is 11.8 Å². The van der Waals surface area contributed by atoms with Crippen molar-refractivity contribution < 1.29 is 9.15 Å². The highest BCUT2D eigenvalue weighted by atomic mass is 16.6. The van der Waals surface area contributed by atoms with Gasteiger partial charge in [-0.05, 0) is 0 Å². The van der Waals surface area contributed by atoms with Gasteiger partial charge in [0.2, 0.25) is 0 Å². The molecule has 0 amide bonds. The minimum absolute atomic E-state index is 0.0741. The van der Waals surface area contributed by atoms with Gasteiger partial charge in [-0.25, -0.2) is 4.79 Å². The Kier molecular flexibility index (Phi) is 1.26. The van der Waals surface area contributed by atoms with Crippen LogP contribution in [-0.4, -0.2) is 16.9 Å². The minimum Gasteiger partial charge on any atom is -0.452 e. The van der Waals surface area contributed by atoms with Crippen LogP contribution in [0, 0.1) is 7.05 Å². The fraction of sp³-hybridized carbons (Fsp3) is 0.250. The smallest absolute Gasteiger partial charge is 0.439 e. The molecule has 0 unspecified atom stereocenters. The van der Waals surface area contributed by atoms with Crippen molar-refractivity contribution in [3.05, 3.63) is 17.6 Å². The van der Waals surface area contributed by atoms with E-state index in [4.69, 9.17) is 0 Å². The van der Waals surface area contributed by atoms with Crippen LogP contribution >= 0.6 is 0 Å². The first-order valence-electron chi connectivity index (χ1n) is 2.19. The largest absolute Gasteiger partial charge is 0.452 e. The second-order valence-electron chi connectivity index (χ2n) is 1.34. The zero-order valence-electron chi connectivity index (χ0n) is 4.83. The maximum atomic E-state index is 10.4. The van der Waals surface area contributed by atoms with Crippen LogP contribution in [0.15, 0.2) is 9.21 Å². The molecule has 0 atom stereocenters. The molecule has 0 aliphatic carbocycles. The van der Waals surface area contributed by atoms with Gasteiger partial charge in [-0.3, -0.25) is 0 Å². The fourth-order valence-electron chi connectivity index (χ4n) is 0.370. The molecule has 1 rings (SSSR count). The van der Waals surface area contributed by atoms with Crippen LogP contribution in [0.2, 0.25) is 0 Å². The summed E-state index contributed by atoms with van der Waals surface area (Å²) in [6.45, 7) is 0. The zero-order chi connectivity index (χ0) is 6.85. The minimum atomic E-state index is -0.633. The van der Waals surface area contributed by atoms with Crippen LogP contribution in [-0.2, 0) is 0 Å². The summed E-state index contributed by atoms with van der Waals surface area (Å²) >= 11 is 0.